The summed E-state index contributed by atoms with van der Waals surface area (Å²) in [6, 6.07) is 11.9. The first-order valence-corrected chi connectivity index (χ1v) is 8.94. The Morgan fingerprint density at radius 3 is 2.35 bits per heavy atom. The molecular weight excluding hydrogens is 330 g/mol. The minimum absolute atomic E-state index is 0.100. The van der Waals surface area contributed by atoms with E-state index in [9.17, 15) is 9.59 Å². The number of hydrogen-bond acceptors (Lipinski definition) is 5. The van der Waals surface area contributed by atoms with E-state index in [4.69, 9.17) is 9.47 Å². The molecule has 0 spiro atoms. The highest BCUT2D eigenvalue weighted by atomic mass is 16.6. The summed E-state index contributed by atoms with van der Waals surface area (Å²) in [5, 5.41) is 0. The van der Waals surface area contributed by atoms with Crippen LogP contribution in [0.1, 0.15) is 42.9 Å². The van der Waals surface area contributed by atoms with E-state index in [-0.39, 0.29) is 25.6 Å². The van der Waals surface area contributed by atoms with Crippen molar-refractivity contribution in [2.24, 2.45) is 5.41 Å². The minimum Gasteiger partial charge on any atom is -0.465 e. The number of hydrogen-bond donors (Lipinski definition) is 0. The zero-order valence-electron chi connectivity index (χ0n) is 15.1. The summed E-state index contributed by atoms with van der Waals surface area (Å²) in [7, 11) is 0. The molecule has 136 valence electrons. The summed E-state index contributed by atoms with van der Waals surface area (Å²) in [4.78, 5) is 30.0. The van der Waals surface area contributed by atoms with Crippen LogP contribution < -0.4 is 0 Å². The third kappa shape index (κ3) is 3.21. The van der Waals surface area contributed by atoms with Crippen LogP contribution in [0.3, 0.4) is 0 Å². The molecule has 0 fully saturated rings. The maximum Gasteiger partial charge on any atom is 0.323 e. The summed E-state index contributed by atoms with van der Waals surface area (Å²) in [5.41, 5.74) is 1.68. The number of rotatable bonds is 5. The molecule has 1 aromatic heterocycles. The van der Waals surface area contributed by atoms with Crippen molar-refractivity contribution < 1.29 is 19.1 Å². The minimum atomic E-state index is -1.34. The van der Waals surface area contributed by atoms with Gasteiger partial charge in [-0.15, -0.1) is 0 Å². The fourth-order valence-electron chi connectivity index (χ4n) is 3.70. The van der Waals surface area contributed by atoms with Crippen LogP contribution in [0, 0.1) is 5.41 Å². The van der Waals surface area contributed by atoms with Crippen molar-refractivity contribution in [3.8, 4) is 0 Å². The monoisotopic (exact) mass is 353 g/mol. The SMILES string of the molecule is CCOC(=O)C1(C(=O)OCC)Cc2cnccc2C(c2ccccc2)C1. The Morgan fingerprint density at radius 1 is 1.08 bits per heavy atom. The smallest absolute Gasteiger partial charge is 0.323 e. The van der Waals surface area contributed by atoms with E-state index in [0.29, 0.717) is 6.42 Å². The maximum atomic E-state index is 12.9. The molecule has 1 aromatic carbocycles. The molecule has 0 saturated carbocycles. The zero-order chi connectivity index (χ0) is 18.6. The number of esters is 2. The van der Waals surface area contributed by atoms with Gasteiger partial charge in [-0.1, -0.05) is 30.3 Å². The van der Waals surface area contributed by atoms with Crippen molar-refractivity contribution in [1.82, 2.24) is 4.98 Å². The number of benzene rings is 1. The number of carbonyl (C=O) groups is 2. The molecule has 3 rings (SSSR count). The van der Waals surface area contributed by atoms with Gasteiger partial charge >= 0.3 is 11.9 Å². The molecule has 0 saturated heterocycles. The van der Waals surface area contributed by atoms with E-state index in [2.05, 4.69) is 4.98 Å². The number of carbonyl (C=O) groups excluding carboxylic acids is 2. The average molecular weight is 353 g/mol. The van der Waals surface area contributed by atoms with Gasteiger partial charge in [-0.05, 0) is 43.0 Å². The summed E-state index contributed by atoms with van der Waals surface area (Å²) < 4.78 is 10.6. The van der Waals surface area contributed by atoms with E-state index >= 15 is 0 Å². The Bertz CT molecular complexity index is 770. The molecule has 1 unspecified atom stereocenters. The van der Waals surface area contributed by atoms with Crippen LogP contribution in [-0.2, 0) is 25.5 Å². The van der Waals surface area contributed by atoms with Crippen molar-refractivity contribution in [3.05, 3.63) is 65.5 Å². The Morgan fingerprint density at radius 2 is 1.73 bits per heavy atom. The molecule has 0 amide bonds. The average Bonchev–Trinajstić information content (AvgIpc) is 2.68. The van der Waals surface area contributed by atoms with E-state index < -0.39 is 17.4 Å². The van der Waals surface area contributed by atoms with Crippen molar-refractivity contribution in [2.75, 3.05) is 13.2 Å². The molecule has 0 radical (unpaired) electrons. The largest absolute Gasteiger partial charge is 0.465 e. The molecular formula is C21H23NO4. The Labute approximate surface area is 153 Å². The van der Waals surface area contributed by atoms with Gasteiger partial charge in [0.25, 0.3) is 0 Å². The second-order valence-electron chi connectivity index (χ2n) is 6.44. The number of nitrogens with zero attached hydrogens (tertiary/aromatic N) is 1. The van der Waals surface area contributed by atoms with Crippen LogP contribution in [0.5, 0.6) is 0 Å². The van der Waals surface area contributed by atoms with Crippen LogP contribution >= 0.6 is 0 Å². The molecule has 0 bridgehead atoms. The second-order valence-corrected chi connectivity index (χ2v) is 6.44. The van der Waals surface area contributed by atoms with Crippen LogP contribution in [0.2, 0.25) is 0 Å². The van der Waals surface area contributed by atoms with E-state index in [1.807, 2.05) is 36.4 Å². The highest BCUT2D eigenvalue weighted by Gasteiger charge is 2.53. The lowest BCUT2D eigenvalue weighted by molar-refractivity contribution is -0.173. The Kier molecular flexibility index (Phi) is 5.35. The van der Waals surface area contributed by atoms with Gasteiger partial charge in [0.2, 0.25) is 0 Å². The lowest BCUT2D eigenvalue weighted by Gasteiger charge is -2.38. The van der Waals surface area contributed by atoms with E-state index in [0.717, 1.165) is 16.7 Å². The highest BCUT2D eigenvalue weighted by molar-refractivity contribution is 6.01. The van der Waals surface area contributed by atoms with E-state index in [1.165, 1.54) is 0 Å². The van der Waals surface area contributed by atoms with Crippen molar-refractivity contribution in [1.29, 1.82) is 0 Å². The number of pyridine rings is 1. The lowest BCUT2D eigenvalue weighted by Crippen LogP contribution is -2.47. The number of aromatic nitrogens is 1. The second kappa shape index (κ2) is 7.68. The topological polar surface area (TPSA) is 65.5 Å². The third-order valence-electron chi connectivity index (χ3n) is 4.90. The number of ether oxygens (including phenoxy) is 2. The summed E-state index contributed by atoms with van der Waals surface area (Å²) in [5.74, 6) is -1.14. The van der Waals surface area contributed by atoms with Crippen LogP contribution in [0.4, 0.5) is 0 Å². The van der Waals surface area contributed by atoms with Crippen LogP contribution in [0.15, 0.2) is 48.8 Å². The predicted molar refractivity (Wildman–Crippen MR) is 96.5 cm³/mol. The first-order valence-electron chi connectivity index (χ1n) is 8.94. The Balaban J connectivity index is 2.12. The van der Waals surface area contributed by atoms with Crippen LogP contribution in [0.25, 0.3) is 0 Å². The molecule has 1 aliphatic carbocycles. The molecule has 1 heterocycles. The molecule has 5 heteroatoms. The molecule has 5 nitrogen and oxygen atoms in total. The van der Waals surface area contributed by atoms with Crippen molar-refractivity contribution >= 4 is 11.9 Å². The molecule has 1 atom stereocenters. The van der Waals surface area contributed by atoms with Crippen molar-refractivity contribution in [3.63, 3.8) is 0 Å². The Hall–Kier alpha value is -2.69. The standard InChI is InChI=1S/C21H23NO4/c1-3-25-19(23)21(20(24)26-4-2)12-16-14-22-11-10-17(16)18(13-21)15-8-6-5-7-9-15/h5-11,14,18H,3-4,12-13H2,1-2H3. The molecule has 0 N–H and O–H groups in total. The van der Waals surface area contributed by atoms with E-state index in [1.54, 1.807) is 26.2 Å². The first kappa shape index (κ1) is 18.1. The van der Waals surface area contributed by atoms with Crippen molar-refractivity contribution in [2.45, 2.75) is 32.6 Å². The van der Waals surface area contributed by atoms with Gasteiger partial charge in [0.15, 0.2) is 5.41 Å². The molecule has 2 aromatic rings. The highest BCUT2D eigenvalue weighted by Crippen LogP contribution is 2.46. The van der Waals surface area contributed by atoms with Crippen LogP contribution in [-0.4, -0.2) is 30.1 Å². The summed E-state index contributed by atoms with van der Waals surface area (Å²) in [6.45, 7) is 3.92. The van der Waals surface area contributed by atoms with Gasteiger partial charge in [-0.25, -0.2) is 0 Å². The van der Waals surface area contributed by atoms with Gasteiger partial charge in [0.1, 0.15) is 0 Å². The van der Waals surface area contributed by atoms with Gasteiger partial charge in [-0.2, -0.15) is 0 Å². The fraction of sp³-hybridized carbons (Fsp3) is 0.381. The van der Waals surface area contributed by atoms with Gasteiger partial charge in [0.05, 0.1) is 13.2 Å². The number of fused-ring (bicyclic) bond motifs is 1. The maximum absolute atomic E-state index is 12.9. The molecule has 0 aliphatic heterocycles. The van der Waals surface area contributed by atoms with Gasteiger partial charge < -0.3 is 9.47 Å². The summed E-state index contributed by atoms with van der Waals surface area (Å²) in [6.07, 6.45) is 4.05. The third-order valence-corrected chi connectivity index (χ3v) is 4.90. The first-order chi connectivity index (χ1) is 12.6. The predicted octanol–water partition coefficient (Wildman–Crippen LogP) is 3.27. The van der Waals surface area contributed by atoms with Gasteiger partial charge in [0, 0.05) is 24.7 Å². The molecule has 1 aliphatic rings. The quantitative estimate of drug-likeness (QED) is 0.610. The lowest BCUT2D eigenvalue weighted by atomic mass is 9.65. The molecule has 26 heavy (non-hydrogen) atoms. The normalized spacial score (nSPS) is 17.8. The summed E-state index contributed by atoms with van der Waals surface area (Å²) >= 11 is 0. The fourth-order valence-corrected chi connectivity index (χ4v) is 3.70. The van der Waals surface area contributed by atoms with Gasteiger partial charge in [-0.3, -0.25) is 14.6 Å². The zero-order valence-corrected chi connectivity index (χ0v) is 15.1.